The molecule has 0 aliphatic carbocycles. The largest absolute Gasteiger partial charge is 0.381 e. The average molecular weight is 429 g/mol. The number of amides is 3. The first-order valence-electron chi connectivity index (χ1n) is 10.0. The maximum atomic E-state index is 12.9. The summed E-state index contributed by atoms with van der Waals surface area (Å²) in [5.41, 5.74) is -3.05. The molecule has 1 aliphatic rings. The van der Waals surface area contributed by atoms with Crippen LogP contribution in [0.3, 0.4) is 0 Å². The van der Waals surface area contributed by atoms with Crippen LogP contribution >= 0.6 is 11.8 Å². The maximum Gasteiger partial charge on any atom is 0.251 e. The second-order valence-electron chi connectivity index (χ2n) is 9.82. The molecule has 1 heterocycles. The monoisotopic (exact) mass is 428 g/mol. The van der Waals surface area contributed by atoms with E-state index in [0.29, 0.717) is 18.6 Å². The van der Waals surface area contributed by atoms with Crippen molar-refractivity contribution in [3.63, 3.8) is 0 Å². The van der Waals surface area contributed by atoms with E-state index in [1.54, 1.807) is 20.8 Å². The van der Waals surface area contributed by atoms with Gasteiger partial charge < -0.3 is 10.4 Å². The Morgan fingerprint density at radius 3 is 2.24 bits per heavy atom. The molecule has 3 amide bonds. The standard InChI is InChI=1S/C21H36N2O5S/c1-13(14(2)24)9-10-29-15-11-16(25)23(17(15)26)20(5,6)12-19(3,4)22-18(27)21(7,8)28/h13,15,28H,9-12H2,1-8H3,(H,22,27). The van der Waals surface area contributed by atoms with E-state index in [9.17, 15) is 24.3 Å². The van der Waals surface area contributed by atoms with Crippen molar-refractivity contribution in [3.8, 4) is 0 Å². The zero-order chi connectivity index (χ0) is 22.8. The number of rotatable bonds is 10. The highest BCUT2D eigenvalue weighted by Crippen LogP contribution is 2.35. The fourth-order valence-corrected chi connectivity index (χ4v) is 4.91. The molecule has 166 valence electrons. The Labute approximate surface area is 178 Å². The van der Waals surface area contributed by atoms with Crippen LogP contribution in [0.2, 0.25) is 0 Å². The van der Waals surface area contributed by atoms with Gasteiger partial charge in [-0.15, -0.1) is 11.8 Å². The molecule has 7 nitrogen and oxygen atoms in total. The number of aliphatic hydroxyl groups is 1. The third kappa shape index (κ3) is 7.10. The van der Waals surface area contributed by atoms with Gasteiger partial charge in [-0.3, -0.25) is 24.1 Å². The summed E-state index contributed by atoms with van der Waals surface area (Å²) >= 11 is 1.43. The summed E-state index contributed by atoms with van der Waals surface area (Å²) in [5.74, 6) is -0.233. The van der Waals surface area contributed by atoms with Gasteiger partial charge in [0.2, 0.25) is 11.8 Å². The Kier molecular flexibility index (Phi) is 8.10. The number of carbonyl (C=O) groups excluding carboxylic acids is 4. The van der Waals surface area contributed by atoms with Gasteiger partial charge in [-0.25, -0.2) is 0 Å². The summed E-state index contributed by atoms with van der Waals surface area (Å²) in [6, 6.07) is 0. The highest BCUT2D eigenvalue weighted by Gasteiger charge is 2.48. The molecular formula is C21H36N2O5S. The number of Topliss-reactive ketones (excluding diaryl/α,β-unsaturated/α-hetero) is 1. The van der Waals surface area contributed by atoms with E-state index < -0.39 is 27.8 Å². The van der Waals surface area contributed by atoms with Crippen molar-refractivity contribution in [1.29, 1.82) is 0 Å². The van der Waals surface area contributed by atoms with Gasteiger partial charge in [-0.05, 0) is 67.1 Å². The smallest absolute Gasteiger partial charge is 0.251 e. The Balaban J connectivity index is 2.80. The minimum atomic E-state index is -1.51. The van der Waals surface area contributed by atoms with E-state index in [1.165, 1.54) is 30.5 Å². The quantitative estimate of drug-likeness (QED) is 0.518. The molecule has 0 aromatic carbocycles. The minimum Gasteiger partial charge on any atom is -0.381 e. The first-order valence-corrected chi connectivity index (χ1v) is 11.1. The lowest BCUT2D eigenvalue weighted by Gasteiger charge is -2.41. The molecular weight excluding hydrogens is 392 g/mol. The zero-order valence-corrected chi connectivity index (χ0v) is 19.7. The number of nitrogens with zero attached hydrogens (tertiary/aromatic N) is 1. The lowest BCUT2D eigenvalue weighted by molar-refractivity contribution is -0.145. The lowest BCUT2D eigenvalue weighted by Crippen LogP contribution is -2.58. The van der Waals surface area contributed by atoms with Crippen molar-refractivity contribution >= 4 is 35.3 Å². The van der Waals surface area contributed by atoms with Gasteiger partial charge >= 0.3 is 0 Å². The number of likely N-dealkylation sites (tertiary alicyclic amines) is 1. The third-order valence-electron chi connectivity index (χ3n) is 5.16. The van der Waals surface area contributed by atoms with E-state index >= 15 is 0 Å². The zero-order valence-electron chi connectivity index (χ0n) is 18.9. The van der Waals surface area contributed by atoms with Gasteiger partial charge in [0, 0.05) is 23.4 Å². The van der Waals surface area contributed by atoms with Gasteiger partial charge in [0.15, 0.2) is 0 Å². The third-order valence-corrected chi connectivity index (χ3v) is 6.40. The van der Waals surface area contributed by atoms with Crippen molar-refractivity contribution in [1.82, 2.24) is 10.2 Å². The van der Waals surface area contributed by atoms with E-state index in [1.807, 2.05) is 20.8 Å². The van der Waals surface area contributed by atoms with Crippen LogP contribution in [0.15, 0.2) is 0 Å². The fraction of sp³-hybridized carbons (Fsp3) is 0.810. The predicted octanol–water partition coefficient (Wildman–Crippen LogP) is 2.30. The van der Waals surface area contributed by atoms with Crippen LogP contribution in [0.4, 0.5) is 0 Å². The van der Waals surface area contributed by atoms with Crippen molar-refractivity contribution in [2.75, 3.05) is 5.75 Å². The molecule has 0 radical (unpaired) electrons. The molecule has 8 heteroatoms. The summed E-state index contributed by atoms with van der Waals surface area (Å²) in [5, 5.41) is 12.2. The highest BCUT2D eigenvalue weighted by atomic mass is 32.2. The molecule has 1 rings (SSSR count). The second-order valence-corrected chi connectivity index (χ2v) is 11.1. The van der Waals surface area contributed by atoms with Crippen molar-refractivity contribution in [2.45, 2.75) is 96.6 Å². The molecule has 0 spiro atoms. The first kappa shape index (κ1) is 25.6. The van der Waals surface area contributed by atoms with Crippen LogP contribution in [0.1, 0.15) is 74.7 Å². The molecule has 2 N–H and O–H groups in total. The van der Waals surface area contributed by atoms with E-state index in [-0.39, 0.29) is 29.9 Å². The highest BCUT2D eigenvalue weighted by molar-refractivity contribution is 8.00. The van der Waals surface area contributed by atoms with Crippen LogP contribution in [-0.4, -0.2) is 61.2 Å². The topological polar surface area (TPSA) is 104 Å². The van der Waals surface area contributed by atoms with Crippen LogP contribution in [-0.2, 0) is 19.2 Å². The summed E-state index contributed by atoms with van der Waals surface area (Å²) in [7, 11) is 0. The molecule has 1 saturated heterocycles. The molecule has 0 aromatic heterocycles. The van der Waals surface area contributed by atoms with Crippen LogP contribution in [0.5, 0.6) is 0 Å². The molecule has 2 unspecified atom stereocenters. The SMILES string of the molecule is CC(=O)C(C)CCSC1CC(=O)N(C(C)(C)CC(C)(C)NC(=O)C(C)(C)O)C1=O. The van der Waals surface area contributed by atoms with Gasteiger partial charge in [-0.1, -0.05) is 6.92 Å². The van der Waals surface area contributed by atoms with Crippen LogP contribution in [0, 0.1) is 5.92 Å². The second kappa shape index (κ2) is 9.16. The van der Waals surface area contributed by atoms with Crippen LogP contribution in [0.25, 0.3) is 0 Å². The average Bonchev–Trinajstić information content (AvgIpc) is 2.79. The van der Waals surface area contributed by atoms with E-state index in [0.717, 1.165) is 0 Å². The Hall–Kier alpha value is -1.41. The molecule has 0 aromatic rings. The van der Waals surface area contributed by atoms with Crippen molar-refractivity contribution in [3.05, 3.63) is 0 Å². The summed E-state index contributed by atoms with van der Waals surface area (Å²) in [6.45, 7) is 13.5. The van der Waals surface area contributed by atoms with Gasteiger partial charge in [0.1, 0.15) is 11.4 Å². The lowest BCUT2D eigenvalue weighted by atomic mass is 9.85. The predicted molar refractivity (Wildman–Crippen MR) is 114 cm³/mol. The van der Waals surface area contributed by atoms with Gasteiger partial charge in [-0.2, -0.15) is 0 Å². The molecule has 29 heavy (non-hydrogen) atoms. The molecule has 1 aliphatic heterocycles. The summed E-state index contributed by atoms with van der Waals surface area (Å²) in [6.07, 6.45) is 1.17. The molecule has 0 saturated carbocycles. The Morgan fingerprint density at radius 2 is 1.76 bits per heavy atom. The number of hydrogen-bond donors (Lipinski definition) is 2. The normalized spacial score (nSPS) is 19.5. The van der Waals surface area contributed by atoms with Gasteiger partial charge in [0.05, 0.1) is 5.25 Å². The number of carbonyl (C=O) groups is 4. The summed E-state index contributed by atoms with van der Waals surface area (Å²) in [4.78, 5) is 50.4. The van der Waals surface area contributed by atoms with Gasteiger partial charge in [0.25, 0.3) is 5.91 Å². The summed E-state index contributed by atoms with van der Waals surface area (Å²) < 4.78 is 0. The molecule has 0 bridgehead atoms. The van der Waals surface area contributed by atoms with Crippen molar-refractivity contribution in [2.24, 2.45) is 5.92 Å². The molecule has 2 atom stereocenters. The Bertz CT molecular complexity index is 666. The van der Waals surface area contributed by atoms with Crippen molar-refractivity contribution < 1.29 is 24.3 Å². The maximum absolute atomic E-state index is 12.9. The number of ketones is 1. The number of thioether (sulfide) groups is 1. The Morgan fingerprint density at radius 1 is 1.21 bits per heavy atom. The molecule has 1 fully saturated rings. The van der Waals surface area contributed by atoms with Crippen LogP contribution < -0.4 is 5.32 Å². The number of imide groups is 1. The number of nitrogens with one attached hydrogen (secondary N) is 1. The fourth-order valence-electron chi connectivity index (χ4n) is 3.63. The first-order chi connectivity index (χ1) is 13.0. The number of hydrogen-bond acceptors (Lipinski definition) is 6. The van der Waals surface area contributed by atoms with E-state index in [2.05, 4.69) is 5.32 Å². The van der Waals surface area contributed by atoms with E-state index in [4.69, 9.17) is 0 Å². The minimum absolute atomic E-state index is 0.0533.